The number of aromatic nitrogens is 4. The number of fused-ring (bicyclic) bond motifs is 4. The molecule has 0 aliphatic carbocycles. The van der Waals surface area contributed by atoms with Crippen LogP contribution in [0.1, 0.15) is 46.4 Å². The molecule has 0 fully saturated rings. The van der Waals surface area contributed by atoms with E-state index in [1.54, 1.807) is 19.5 Å². The molecule has 0 radical (unpaired) electrons. The van der Waals surface area contributed by atoms with E-state index in [2.05, 4.69) is 61.8 Å². The lowest BCUT2D eigenvalue weighted by atomic mass is 10.1. The summed E-state index contributed by atoms with van der Waals surface area (Å²) >= 11 is 0. The number of allylic oxidation sites excluding steroid dienone is 4. The molecular weight excluding hydrogens is 608 g/mol. The van der Waals surface area contributed by atoms with Crippen LogP contribution in [0, 0.1) is 6.92 Å². The van der Waals surface area contributed by atoms with E-state index in [0.717, 1.165) is 90.7 Å². The van der Waals surface area contributed by atoms with E-state index in [-0.39, 0.29) is 0 Å². The minimum Gasteiger partial charge on any atom is -0.352 e. The first-order chi connectivity index (χ1) is 23.3. The molecule has 8 heterocycles. The van der Waals surface area contributed by atoms with Gasteiger partial charge in [0.15, 0.2) is 0 Å². The summed E-state index contributed by atoms with van der Waals surface area (Å²) in [6.07, 6.45) is 19.0. The zero-order valence-electron chi connectivity index (χ0n) is 28.6. The smallest absolute Gasteiger partial charge is 0.139 e. The predicted molar refractivity (Wildman–Crippen MR) is 184 cm³/mol. The molecule has 0 bridgehead atoms. The third-order valence-electron chi connectivity index (χ3n) is 9.10. The van der Waals surface area contributed by atoms with Crippen LogP contribution in [0.3, 0.4) is 0 Å². The highest BCUT2D eigenvalue weighted by atomic mass is 16.7. The minimum atomic E-state index is 0.427. The molecule has 0 unspecified atom stereocenters. The second-order valence-electron chi connectivity index (χ2n) is 12.6. The average Bonchev–Trinajstić information content (AvgIpc) is 3.88. The van der Waals surface area contributed by atoms with Gasteiger partial charge in [-0.05, 0) is 44.8 Å². The summed E-state index contributed by atoms with van der Waals surface area (Å²) < 4.78 is 4.16. The number of hydroxylamine groups is 4. The molecule has 252 valence electrons. The number of aryl methyl sites for hydroxylation is 1. The fourth-order valence-electron chi connectivity index (χ4n) is 7.13. The van der Waals surface area contributed by atoms with Gasteiger partial charge in [-0.15, -0.1) is 0 Å². The van der Waals surface area contributed by atoms with Crippen LogP contribution in [-0.2, 0) is 4.84 Å². The quantitative estimate of drug-likeness (QED) is 0.466. The summed E-state index contributed by atoms with van der Waals surface area (Å²) in [5.41, 5.74) is 8.71. The highest BCUT2D eigenvalue weighted by molar-refractivity contribution is 5.87. The lowest BCUT2D eigenvalue weighted by Crippen LogP contribution is -2.42. The van der Waals surface area contributed by atoms with Crippen molar-refractivity contribution >= 4 is 23.8 Å². The molecule has 48 heavy (non-hydrogen) atoms. The largest absolute Gasteiger partial charge is 0.352 e. The summed E-state index contributed by atoms with van der Waals surface area (Å²) in [4.78, 5) is 32.7. The van der Waals surface area contributed by atoms with Crippen LogP contribution in [0.15, 0.2) is 99.1 Å². The van der Waals surface area contributed by atoms with Gasteiger partial charge in [0.1, 0.15) is 42.2 Å². The zero-order chi connectivity index (χ0) is 33.5. The Bertz CT molecular complexity index is 1820. The molecule has 2 aromatic heterocycles. The van der Waals surface area contributed by atoms with Crippen LogP contribution >= 0.6 is 0 Å². The molecule has 2 aromatic rings. The van der Waals surface area contributed by atoms with Gasteiger partial charge in [-0.2, -0.15) is 0 Å². The lowest BCUT2D eigenvalue weighted by molar-refractivity contribution is -0.0971. The molecule has 14 heteroatoms. The van der Waals surface area contributed by atoms with E-state index in [9.17, 15) is 5.21 Å². The van der Waals surface area contributed by atoms with Crippen LogP contribution in [-0.4, -0.2) is 113 Å². The van der Waals surface area contributed by atoms with E-state index >= 15 is 0 Å². The first-order valence-electron chi connectivity index (χ1n) is 16.5. The fraction of sp³-hybridized carbons (Fsp3) is 0.412. The van der Waals surface area contributed by atoms with Crippen LogP contribution in [0.25, 0.3) is 11.4 Å². The molecule has 6 aliphatic rings. The molecule has 0 spiro atoms. The highest BCUT2D eigenvalue weighted by Crippen LogP contribution is 2.40. The molecule has 0 aromatic carbocycles. The molecule has 0 amide bonds. The molecule has 6 aliphatic heterocycles. The van der Waals surface area contributed by atoms with Crippen molar-refractivity contribution in [1.29, 1.82) is 0 Å². The first kappa shape index (κ1) is 31.5. The minimum absolute atomic E-state index is 0.427. The number of rotatable bonds is 7. The van der Waals surface area contributed by atoms with E-state index in [1.807, 2.05) is 60.1 Å². The number of nitrogens with zero attached hydrogens (tertiary/aromatic N) is 12. The van der Waals surface area contributed by atoms with Gasteiger partial charge in [-0.1, -0.05) is 13.8 Å². The summed E-state index contributed by atoms with van der Waals surface area (Å²) in [6, 6.07) is 0. The Balaban J connectivity index is 0.000000152. The van der Waals surface area contributed by atoms with Crippen molar-refractivity contribution in [3.05, 3.63) is 94.9 Å². The van der Waals surface area contributed by atoms with Gasteiger partial charge in [0.2, 0.25) is 0 Å². The Labute approximate surface area is 281 Å². The summed E-state index contributed by atoms with van der Waals surface area (Å²) in [6.45, 7) is 15.5. The van der Waals surface area contributed by atoms with Crippen LogP contribution < -0.4 is 0 Å². The van der Waals surface area contributed by atoms with Crippen LogP contribution in [0.4, 0.5) is 0 Å². The maximum Gasteiger partial charge on any atom is 0.139 e. The summed E-state index contributed by atoms with van der Waals surface area (Å²) in [7, 11) is 1.69. The molecule has 14 nitrogen and oxygen atoms in total. The number of hydrogen-bond donors (Lipinski definition) is 1. The van der Waals surface area contributed by atoms with E-state index in [1.165, 1.54) is 16.2 Å². The lowest BCUT2D eigenvalue weighted by Gasteiger charge is -2.41. The maximum absolute atomic E-state index is 9.85. The summed E-state index contributed by atoms with van der Waals surface area (Å²) in [5, 5.41) is 12.9. The second-order valence-corrected chi connectivity index (χ2v) is 12.6. The molecule has 0 saturated carbocycles. The topological polar surface area (TPSA) is 109 Å². The Kier molecular flexibility index (Phi) is 8.43. The Morgan fingerprint density at radius 1 is 0.792 bits per heavy atom. The van der Waals surface area contributed by atoms with Gasteiger partial charge in [0.05, 0.1) is 61.1 Å². The Hall–Kier alpha value is -5.08. The SMILES string of the molecule is CCCN1CC(C)=C(n2ccnc2)C2=C1N1CN(O)C=C1C=N2.CCCN1CC(C)=C(n2ccnc2C)C2=C1N1CN(OC)C=C1C=N2. The number of aliphatic imine (C=N–C) groups is 2. The molecule has 8 rings (SSSR count). The van der Waals surface area contributed by atoms with E-state index in [4.69, 9.17) is 14.8 Å². The van der Waals surface area contributed by atoms with Crippen molar-refractivity contribution in [2.45, 2.75) is 47.5 Å². The fourth-order valence-corrected chi connectivity index (χ4v) is 7.13. The third kappa shape index (κ3) is 5.40. The summed E-state index contributed by atoms with van der Waals surface area (Å²) in [5.74, 6) is 3.19. The molecule has 0 atom stereocenters. The molecule has 1 N–H and O–H groups in total. The monoisotopic (exact) mass is 652 g/mol. The first-order valence-corrected chi connectivity index (χ1v) is 16.5. The van der Waals surface area contributed by atoms with Crippen LogP contribution in [0.2, 0.25) is 0 Å². The normalized spacial score (nSPS) is 20.0. The van der Waals surface area contributed by atoms with E-state index < -0.39 is 0 Å². The van der Waals surface area contributed by atoms with Crippen molar-refractivity contribution in [1.82, 2.24) is 48.8 Å². The van der Waals surface area contributed by atoms with Gasteiger partial charge in [-0.25, -0.2) is 30.1 Å². The number of hydrogen-bond acceptors (Lipinski definition) is 12. The predicted octanol–water partition coefficient (Wildman–Crippen LogP) is 4.28. The van der Waals surface area contributed by atoms with Gasteiger partial charge in [0, 0.05) is 51.0 Å². The van der Waals surface area contributed by atoms with Gasteiger partial charge in [0.25, 0.3) is 0 Å². The molecular formula is C34H44N12O2. The van der Waals surface area contributed by atoms with Crippen molar-refractivity contribution in [2.75, 3.05) is 46.6 Å². The third-order valence-corrected chi connectivity index (χ3v) is 9.10. The van der Waals surface area contributed by atoms with Crippen LogP contribution in [0.5, 0.6) is 0 Å². The van der Waals surface area contributed by atoms with Gasteiger partial charge in [-0.3, -0.25) is 10.0 Å². The highest BCUT2D eigenvalue weighted by Gasteiger charge is 2.38. The average molecular weight is 653 g/mol. The maximum atomic E-state index is 9.85. The zero-order valence-corrected chi connectivity index (χ0v) is 28.6. The number of imidazole rings is 2. The Morgan fingerprint density at radius 3 is 2.00 bits per heavy atom. The van der Waals surface area contributed by atoms with Crippen molar-refractivity contribution in [3.8, 4) is 0 Å². The van der Waals surface area contributed by atoms with Gasteiger partial charge >= 0.3 is 0 Å². The van der Waals surface area contributed by atoms with Crippen molar-refractivity contribution in [2.24, 2.45) is 9.98 Å². The van der Waals surface area contributed by atoms with Crippen molar-refractivity contribution < 1.29 is 10.0 Å². The van der Waals surface area contributed by atoms with Crippen molar-refractivity contribution in [3.63, 3.8) is 0 Å². The molecule has 0 saturated heterocycles. The van der Waals surface area contributed by atoms with E-state index in [0.29, 0.717) is 13.3 Å². The Morgan fingerprint density at radius 2 is 1.42 bits per heavy atom. The second kappa shape index (κ2) is 12.8. The van der Waals surface area contributed by atoms with Gasteiger partial charge < -0.3 is 28.7 Å². The standard InChI is InChI=1S/C18H24N6O.C16H20N6O/c1-5-7-21-10-13(2)17(23-8-6-19-14(23)3)16-18(21)24-12-22(25-4)11-15(24)9-20-16;1-3-5-19-8-12(2)15(20-6-4-17-10-20)14-16(19)22-11-21(23)9-13(22)7-18-14/h6,8-9,11H,5,7,10,12H2,1-4H3;4,6-7,9-10,23H,3,5,8,11H2,1-2H3.